The molecule has 3 aromatic rings. The Labute approximate surface area is 168 Å². The third-order valence-corrected chi connectivity index (χ3v) is 4.08. The van der Waals surface area contributed by atoms with Gasteiger partial charge in [-0.05, 0) is 24.3 Å². The average molecular weight is 398 g/mol. The molecule has 0 aliphatic carbocycles. The van der Waals surface area contributed by atoms with E-state index in [2.05, 4.69) is 25.4 Å². The average Bonchev–Trinajstić information content (AvgIpc) is 3.22. The van der Waals surface area contributed by atoms with Gasteiger partial charge in [-0.15, -0.1) is 0 Å². The standard InChI is InChI=1S/C20H23FN6O2/c1-22-20(27(2)13-14-28-17-9-4-3-7-15(17)21)24-12-10-18-25-19(29-26-18)16-8-5-6-11-23-16/h3-9,11H,10,12-14H2,1-2H3,(H,22,24). The third-order valence-electron chi connectivity index (χ3n) is 4.08. The quantitative estimate of drug-likeness (QED) is 0.460. The highest BCUT2D eigenvalue weighted by Gasteiger charge is 2.11. The Kier molecular flexibility index (Phi) is 7.10. The number of aliphatic imine (C=N–C) groups is 1. The van der Waals surface area contributed by atoms with Gasteiger partial charge in [-0.1, -0.05) is 23.4 Å². The van der Waals surface area contributed by atoms with E-state index in [9.17, 15) is 4.39 Å². The predicted octanol–water partition coefficient (Wildman–Crippen LogP) is 2.40. The highest BCUT2D eigenvalue weighted by Crippen LogP contribution is 2.15. The van der Waals surface area contributed by atoms with E-state index in [1.807, 2.05) is 30.1 Å². The molecule has 2 aromatic heterocycles. The molecule has 0 amide bonds. The van der Waals surface area contributed by atoms with E-state index in [0.29, 0.717) is 49.5 Å². The topological polar surface area (TPSA) is 88.7 Å². The van der Waals surface area contributed by atoms with Gasteiger partial charge in [0.25, 0.3) is 5.89 Å². The maximum Gasteiger partial charge on any atom is 0.276 e. The van der Waals surface area contributed by atoms with Gasteiger partial charge in [-0.3, -0.25) is 9.98 Å². The van der Waals surface area contributed by atoms with Crippen LogP contribution in [0.15, 0.2) is 58.2 Å². The summed E-state index contributed by atoms with van der Waals surface area (Å²) in [6.07, 6.45) is 2.24. The molecule has 0 saturated heterocycles. The summed E-state index contributed by atoms with van der Waals surface area (Å²) in [5.74, 6) is 1.54. The Morgan fingerprint density at radius 1 is 1.24 bits per heavy atom. The molecular formula is C20H23FN6O2. The molecule has 8 nitrogen and oxygen atoms in total. The van der Waals surface area contributed by atoms with Crippen LogP contribution in [0, 0.1) is 5.82 Å². The summed E-state index contributed by atoms with van der Waals surface area (Å²) in [7, 11) is 3.58. The lowest BCUT2D eigenvalue weighted by atomic mass is 10.3. The van der Waals surface area contributed by atoms with E-state index in [4.69, 9.17) is 9.26 Å². The highest BCUT2D eigenvalue weighted by atomic mass is 19.1. The van der Waals surface area contributed by atoms with Crippen LogP contribution in [0.4, 0.5) is 4.39 Å². The predicted molar refractivity (Wildman–Crippen MR) is 107 cm³/mol. The lowest BCUT2D eigenvalue weighted by molar-refractivity contribution is 0.270. The van der Waals surface area contributed by atoms with Crippen molar-refractivity contribution < 1.29 is 13.7 Å². The van der Waals surface area contributed by atoms with Gasteiger partial charge in [0.1, 0.15) is 12.3 Å². The second-order valence-electron chi connectivity index (χ2n) is 6.16. The summed E-state index contributed by atoms with van der Waals surface area (Å²) in [6.45, 7) is 1.45. The van der Waals surface area contributed by atoms with Gasteiger partial charge in [0.15, 0.2) is 23.4 Å². The monoisotopic (exact) mass is 398 g/mol. The molecule has 0 bridgehead atoms. The molecule has 0 atom stereocenters. The normalized spacial score (nSPS) is 11.3. The molecule has 0 radical (unpaired) electrons. The molecule has 0 saturated carbocycles. The Morgan fingerprint density at radius 2 is 2.07 bits per heavy atom. The molecule has 0 aliphatic heterocycles. The Balaban J connectivity index is 1.43. The van der Waals surface area contributed by atoms with Crippen molar-refractivity contribution in [2.24, 2.45) is 4.99 Å². The summed E-state index contributed by atoms with van der Waals surface area (Å²) >= 11 is 0. The van der Waals surface area contributed by atoms with Crippen molar-refractivity contribution in [3.05, 3.63) is 60.3 Å². The second-order valence-corrected chi connectivity index (χ2v) is 6.16. The number of hydrogen-bond donors (Lipinski definition) is 1. The van der Waals surface area contributed by atoms with Gasteiger partial charge in [-0.2, -0.15) is 4.98 Å². The van der Waals surface area contributed by atoms with Gasteiger partial charge in [0.2, 0.25) is 0 Å². The molecule has 3 rings (SSSR count). The molecular weight excluding hydrogens is 375 g/mol. The van der Waals surface area contributed by atoms with Crippen molar-refractivity contribution >= 4 is 5.96 Å². The van der Waals surface area contributed by atoms with E-state index in [1.54, 1.807) is 31.4 Å². The molecule has 9 heteroatoms. The van der Waals surface area contributed by atoms with E-state index >= 15 is 0 Å². The van der Waals surface area contributed by atoms with Crippen LogP contribution >= 0.6 is 0 Å². The largest absolute Gasteiger partial charge is 0.489 e. The molecule has 152 valence electrons. The lowest BCUT2D eigenvalue weighted by Gasteiger charge is -2.22. The van der Waals surface area contributed by atoms with Gasteiger partial charge in [-0.25, -0.2) is 4.39 Å². The van der Waals surface area contributed by atoms with Gasteiger partial charge < -0.3 is 19.5 Å². The first-order chi connectivity index (χ1) is 14.2. The fraction of sp³-hybridized carbons (Fsp3) is 0.300. The Hall–Kier alpha value is -3.49. The third kappa shape index (κ3) is 5.74. The maximum absolute atomic E-state index is 13.6. The lowest BCUT2D eigenvalue weighted by Crippen LogP contribution is -2.41. The second kappa shape index (κ2) is 10.2. The smallest absolute Gasteiger partial charge is 0.276 e. The van der Waals surface area contributed by atoms with E-state index in [0.717, 1.165) is 0 Å². The number of hydrogen-bond acceptors (Lipinski definition) is 6. The van der Waals surface area contributed by atoms with Crippen LogP contribution in [-0.2, 0) is 6.42 Å². The van der Waals surface area contributed by atoms with Gasteiger partial charge in [0.05, 0.1) is 6.54 Å². The zero-order valence-corrected chi connectivity index (χ0v) is 16.4. The number of ether oxygens (including phenoxy) is 1. The van der Waals surface area contributed by atoms with E-state index in [1.165, 1.54) is 6.07 Å². The molecule has 2 heterocycles. The molecule has 0 aliphatic rings. The van der Waals surface area contributed by atoms with E-state index in [-0.39, 0.29) is 11.6 Å². The zero-order chi connectivity index (χ0) is 20.5. The van der Waals surface area contributed by atoms with Crippen molar-refractivity contribution in [1.82, 2.24) is 25.3 Å². The number of pyridine rings is 1. The molecule has 0 fully saturated rings. The van der Waals surface area contributed by atoms with Crippen LogP contribution in [0.25, 0.3) is 11.6 Å². The van der Waals surface area contributed by atoms with Crippen LogP contribution in [0.1, 0.15) is 5.82 Å². The summed E-state index contributed by atoms with van der Waals surface area (Å²) in [5, 5.41) is 7.21. The van der Waals surface area contributed by atoms with Crippen LogP contribution in [0.2, 0.25) is 0 Å². The van der Waals surface area contributed by atoms with Crippen molar-refractivity contribution in [3.63, 3.8) is 0 Å². The number of aromatic nitrogens is 3. The summed E-state index contributed by atoms with van der Waals surface area (Å²) in [4.78, 5) is 14.7. The summed E-state index contributed by atoms with van der Waals surface area (Å²) < 4.78 is 24.3. The minimum absolute atomic E-state index is 0.240. The molecule has 29 heavy (non-hydrogen) atoms. The summed E-state index contributed by atoms with van der Waals surface area (Å²) in [5.41, 5.74) is 0.643. The number of nitrogens with zero attached hydrogens (tertiary/aromatic N) is 5. The van der Waals surface area contributed by atoms with Gasteiger partial charge >= 0.3 is 0 Å². The maximum atomic E-state index is 13.6. The number of halogens is 1. The first kappa shape index (κ1) is 20.2. The van der Waals surface area contributed by atoms with Crippen molar-refractivity contribution in [2.45, 2.75) is 6.42 Å². The van der Waals surface area contributed by atoms with Crippen LogP contribution < -0.4 is 10.1 Å². The number of nitrogens with one attached hydrogen (secondary N) is 1. The SMILES string of the molecule is CN=C(NCCc1noc(-c2ccccn2)n1)N(C)CCOc1ccccc1F. The Bertz CT molecular complexity index is 931. The van der Waals surface area contributed by atoms with Crippen molar-refractivity contribution in [3.8, 4) is 17.3 Å². The minimum atomic E-state index is -0.372. The number of likely N-dealkylation sites (N-methyl/N-ethyl adjacent to an activating group) is 1. The van der Waals surface area contributed by atoms with Crippen molar-refractivity contribution in [1.29, 1.82) is 0 Å². The number of benzene rings is 1. The molecule has 0 spiro atoms. The van der Waals surface area contributed by atoms with Crippen molar-refractivity contribution in [2.75, 3.05) is 33.8 Å². The highest BCUT2D eigenvalue weighted by molar-refractivity contribution is 5.79. The first-order valence-corrected chi connectivity index (χ1v) is 9.20. The number of para-hydroxylation sites is 1. The summed E-state index contributed by atoms with van der Waals surface area (Å²) in [6, 6.07) is 11.8. The molecule has 0 unspecified atom stereocenters. The number of guanidine groups is 1. The molecule has 1 aromatic carbocycles. The van der Waals surface area contributed by atoms with Crippen LogP contribution in [0.5, 0.6) is 5.75 Å². The van der Waals surface area contributed by atoms with Crippen LogP contribution in [0.3, 0.4) is 0 Å². The minimum Gasteiger partial charge on any atom is -0.489 e. The van der Waals surface area contributed by atoms with Gasteiger partial charge in [0, 0.05) is 33.3 Å². The van der Waals surface area contributed by atoms with Crippen LogP contribution in [-0.4, -0.2) is 59.8 Å². The Morgan fingerprint density at radius 3 is 2.83 bits per heavy atom. The first-order valence-electron chi connectivity index (χ1n) is 9.20. The fourth-order valence-electron chi connectivity index (χ4n) is 2.58. The molecule has 1 N–H and O–H groups in total. The zero-order valence-electron chi connectivity index (χ0n) is 16.4. The fourth-order valence-corrected chi connectivity index (χ4v) is 2.58. The number of rotatable bonds is 8. The van der Waals surface area contributed by atoms with E-state index < -0.39 is 0 Å².